The van der Waals surface area contributed by atoms with Crippen LogP contribution in [0.25, 0.3) is 16.8 Å². The maximum absolute atomic E-state index is 12.7. The van der Waals surface area contributed by atoms with Crippen LogP contribution in [-0.2, 0) is 4.79 Å². The number of carbonyl (C=O) groups is 2. The summed E-state index contributed by atoms with van der Waals surface area (Å²) in [5.41, 5.74) is 0.757. The Morgan fingerprint density at radius 1 is 0.931 bits per heavy atom. The molecule has 0 aliphatic carbocycles. The van der Waals surface area contributed by atoms with E-state index in [0.29, 0.717) is 10.7 Å². The van der Waals surface area contributed by atoms with E-state index in [0.717, 1.165) is 33.8 Å². The zero-order valence-corrected chi connectivity index (χ0v) is 16.6. The van der Waals surface area contributed by atoms with E-state index < -0.39 is 0 Å². The molecule has 0 N–H and O–H groups in total. The van der Waals surface area contributed by atoms with E-state index in [1.54, 1.807) is 13.2 Å². The molecule has 0 saturated carbocycles. The monoisotopic (exact) mass is 405 g/mol. The normalized spacial score (nSPS) is 15.3. The number of benzene rings is 3. The molecule has 3 aromatic rings. The summed E-state index contributed by atoms with van der Waals surface area (Å²) in [6.45, 7) is 0.422. The van der Waals surface area contributed by atoms with Gasteiger partial charge in [-0.1, -0.05) is 54.6 Å². The van der Waals surface area contributed by atoms with Crippen molar-refractivity contribution in [3.8, 4) is 11.5 Å². The van der Waals surface area contributed by atoms with E-state index in [4.69, 9.17) is 9.47 Å². The smallest absolute Gasteiger partial charge is 0.293 e. The van der Waals surface area contributed by atoms with Gasteiger partial charge in [0.05, 0.1) is 18.6 Å². The van der Waals surface area contributed by atoms with Gasteiger partial charge in [0.25, 0.3) is 11.1 Å². The van der Waals surface area contributed by atoms with Crippen LogP contribution in [0.4, 0.5) is 4.79 Å². The fraction of sp³-hybridized carbons (Fsp3) is 0.130. The van der Waals surface area contributed by atoms with Crippen molar-refractivity contribution in [3.63, 3.8) is 0 Å². The van der Waals surface area contributed by atoms with Crippen molar-refractivity contribution in [3.05, 3.63) is 77.2 Å². The number of thioether (sulfide) groups is 1. The first-order chi connectivity index (χ1) is 14.2. The number of ether oxygens (including phenoxy) is 2. The number of nitrogens with zero attached hydrogens (tertiary/aromatic N) is 1. The molecule has 5 nitrogen and oxygen atoms in total. The molecule has 4 rings (SSSR count). The van der Waals surface area contributed by atoms with Crippen LogP contribution in [0.15, 0.2) is 71.6 Å². The van der Waals surface area contributed by atoms with Gasteiger partial charge in [-0.15, -0.1) is 0 Å². The highest BCUT2D eigenvalue weighted by Gasteiger charge is 2.35. The predicted molar refractivity (Wildman–Crippen MR) is 115 cm³/mol. The molecule has 3 aromatic carbocycles. The van der Waals surface area contributed by atoms with Crippen molar-refractivity contribution in [2.45, 2.75) is 0 Å². The fourth-order valence-electron chi connectivity index (χ4n) is 3.19. The van der Waals surface area contributed by atoms with Crippen molar-refractivity contribution in [1.82, 2.24) is 4.90 Å². The van der Waals surface area contributed by atoms with Gasteiger partial charge in [0.2, 0.25) is 0 Å². The number of para-hydroxylation sites is 1. The predicted octanol–water partition coefficient (Wildman–Crippen LogP) is 4.96. The maximum Gasteiger partial charge on any atom is 0.293 e. The van der Waals surface area contributed by atoms with Crippen molar-refractivity contribution in [2.24, 2.45) is 0 Å². The molecule has 6 heteroatoms. The van der Waals surface area contributed by atoms with Gasteiger partial charge in [-0.2, -0.15) is 0 Å². The van der Waals surface area contributed by atoms with Crippen LogP contribution < -0.4 is 9.47 Å². The first kappa shape index (κ1) is 19.1. The van der Waals surface area contributed by atoms with Crippen LogP contribution in [-0.4, -0.2) is 36.3 Å². The molecule has 146 valence electrons. The van der Waals surface area contributed by atoms with Crippen LogP contribution in [0.2, 0.25) is 0 Å². The van der Waals surface area contributed by atoms with Crippen molar-refractivity contribution < 1.29 is 19.1 Å². The Morgan fingerprint density at radius 2 is 1.66 bits per heavy atom. The van der Waals surface area contributed by atoms with Gasteiger partial charge < -0.3 is 9.47 Å². The Bertz CT molecular complexity index is 1100. The molecule has 0 aromatic heterocycles. The number of hydrogen-bond acceptors (Lipinski definition) is 5. The fourth-order valence-corrected chi connectivity index (χ4v) is 4.04. The molecule has 1 aliphatic rings. The lowest BCUT2D eigenvalue weighted by molar-refractivity contribution is -0.123. The molecule has 0 spiro atoms. The Labute approximate surface area is 172 Å². The number of methoxy groups -OCH3 is 1. The van der Waals surface area contributed by atoms with Gasteiger partial charge in [0.1, 0.15) is 18.1 Å². The third-order valence-electron chi connectivity index (χ3n) is 4.62. The van der Waals surface area contributed by atoms with Crippen LogP contribution in [0, 0.1) is 0 Å². The molecular weight excluding hydrogens is 386 g/mol. The highest BCUT2D eigenvalue weighted by atomic mass is 32.2. The number of rotatable bonds is 6. The molecule has 29 heavy (non-hydrogen) atoms. The van der Waals surface area contributed by atoms with Gasteiger partial charge in [-0.25, -0.2) is 0 Å². The lowest BCUT2D eigenvalue weighted by Crippen LogP contribution is -2.32. The zero-order valence-electron chi connectivity index (χ0n) is 15.8. The summed E-state index contributed by atoms with van der Waals surface area (Å²) < 4.78 is 11.2. The van der Waals surface area contributed by atoms with Crippen molar-refractivity contribution in [2.75, 3.05) is 20.3 Å². The average molecular weight is 405 g/mol. The molecule has 1 saturated heterocycles. The summed E-state index contributed by atoms with van der Waals surface area (Å²) in [6, 6.07) is 21.1. The van der Waals surface area contributed by atoms with Gasteiger partial charge in [-0.3, -0.25) is 14.5 Å². The van der Waals surface area contributed by atoms with E-state index in [9.17, 15) is 9.59 Å². The van der Waals surface area contributed by atoms with Gasteiger partial charge in [0.15, 0.2) is 0 Å². The molecule has 0 radical (unpaired) electrons. The van der Waals surface area contributed by atoms with Crippen LogP contribution >= 0.6 is 11.8 Å². The van der Waals surface area contributed by atoms with E-state index in [1.165, 1.54) is 4.90 Å². The van der Waals surface area contributed by atoms with E-state index in [-0.39, 0.29) is 24.3 Å². The summed E-state index contributed by atoms with van der Waals surface area (Å²) in [4.78, 5) is 26.6. The van der Waals surface area contributed by atoms with Crippen molar-refractivity contribution in [1.29, 1.82) is 0 Å². The first-order valence-electron chi connectivity index (χ1n) is 9.16. The highest BCUT2D eigenvalue weighted by Crippen LogP contribution is 2.34. The Balaban J connectivity index is 1.45. The molecule has 1 heterocycles. The molecule has 0 bridgehead atoms. The molecule has 1 fully saturated rings. The van der Waals surface area contributed by atoms with Crippen LogP contribution in [0.5, 0.6) is 11.5 Å². The standard InChI is InChI=1S/C23H19NO4S/c1-27-19-11-5-3-8-17(19)15-21-22(25)24(23(26)29-21)13-14-28-20-12-6-9-16-7-2-4-10-18(16)20/h2-12,15H,13-14H2,1H3/b21-15-. The second-order valence-electron chi connectivity index (χ2n) is 6.40. The minimum atomic E-state index is -0.313. The SMILES string of the molecule is COc1ccccc1/C=C1\SC(=O)N(CCOc2cccc3ccccc23)C1=O. The molecular formula is C23H19NO4S. The summed E-state index contributed by atoms with van der Waals surface area (Å²) >= 11 is 0.932. The molecule has 1 aliphatic heterocycles. The summed E-state index contributed by atoms with van der Waals surface area (Å²) in [6.07, 6.45) is 1.69. The lowest BCUT2D eigenvalue weighted by atomic mass is 10.1. The number of hydrogen-bond donors (Lipinski definition) is 0. The Kier molecular flexibility index (Phi) is 5.53. The van der Waals surface area contributed by atoms with Gasteiger partial charge in [-0.05, 0) is 35.4 Å². The zero-order chi connectivity index (χ0) is 20.2. The number of amides is 2. The minimum Gasteiger partial charge on any atom is -0.496 e. The quantitative estimate of drug-likeness (QED) is 0.543. The summed E-state index contributed by atoms with van der Waals surface area (Å²) in [5.74, 6) is 1.07. The molecule has 2 amide bonds. The Hall–Kier alpha value is -3.25. The summed E-state index contributed by atoms with van der Waals surface area (Å²) in [7, 11) is 1.57. The second-order valence-corrected chi connectivity index (χ2v) is 7.39. The van der Waals surface area contributed by atoms with E-state index in [2.05, 4.69) is 0 Å². The third-order valence-corrected chi connectivity index (χ3v) is 5.53. The van der Waals surface area contributed by atoms with Crippen LogP contribution in [0.1, 0.15) is 5.56 Å². The van der Waals surface area contributed by atoms with Gasteiger partial charge in [0, 0.05) is 10.9 Å². The Morgan fingerprint density at radius 3 is 2.52 bits per heavy atom. The number of fused-ring (bicyclic) bond motifs is 1. The third kappa shape index (κ3) is 3.98. The van der Waals surface area contributed by atoms with Crippen molar-refractivity contribution >= 4 is 39.8 Å². The highest BCUT2D eigenvalue weighted by molar-refractivity contribution is 8.18. The topological polar surface area (TPSA) is 55.8 Å². The largest absolute Gasteiger partial charge is 0.496 e. The lowest BCUT2D eigenvalue weighted by Gasteiger charge is -2.14. The second kappa shape index (κ2) is 8.41. The van der Waals surface area contributed by atoms with E-state index >= 15 is 0 Å². The molecule has 0 unspecified atom stereocenters. The first-order valence-corrected chi connectivity index (χ1v) is 9.98. The number of imide groups is 1. The van der Waals surface area contributed by atoms with Crippen LogP contribution in [0.3, 0.4) is 0 Å². The van der Waals surface area contributed by atoms with Gasteiger partial charge >= 0.3 is 0 Å². The average Bonchev–Trinajstić information content (AvgIpc) is 3.01. The number of carbonyl (C=O) groups excluding carboxylic acids is 2. The maximum atomic E-state index is 12.7. The summed E-state index contributed by atoms with van der Waals surface area (Å²) in [5, 5.41) is 1.79. The molecule has 0 atom stereocenters. The minimum absolute atomic E-state index is 0.192. The van der Waals surface area contributed by atoms with E-state index in [1.807, 2.05) is 66.7 Å².